The normalized spacial score (nSPS) is 14.4. The lowest BCUT2D eigenvalue weighted by Crippen LogP contribution is -2.39. The summed E-state index contributed by atoms with van der Waals surface area (Å²) < 4.78 is 8.79. The zero-order valence-electron chi connectivity index (χ0n) is 20.6. The summed E-state index contributed by atoms with van der Waals surface area (Å²) in [5.41, 5.74) is 5.64. The third kappa shape index (κ3) is 4.53. The Morgan fingerprint density at radius 1 is 1.06 bits per heavy atom. The summed E-state index contributed by atoms with van der Waals surface area (Å²) in [7, 11) is 0. The molecule has 0 fully saturated rings. The Morgan fingerprint density at radius 3 is 2.57 bits per heavy atom. The van der Waals surface area contributed by atoms with E-state index in [9.17, 15) is 9.59 Å². The van der Waals surface area contributed by atoms with Crippen molar-refractivity contribution in [2.45, 2.75) is 46.6 Å². The number of hydrogen-bond acceptors (Lipinski definition) is 6. The van der Waals surface area contributed by atoms with Gasteiger partial charge in [0.25, 0.3) is 5.56 Å². The van der Waals surface area contributed by atoms with Crippen LogP contribution in [0.5, 0.6) is 0 Å². The van der Waals surface area contributed by atoms with E-state index < -0.39 is 5.60 Å². The molecule has 0 saturated carbocycles. The first kappa shape index (κ1) is 22.8. The molecule has 9 heteroatoms. The number of carbonyl (C=O) groups is 1. The highest BCUT2D eigenvalue weighted by atomic mass is 16.6. The molecule has 1 amide bonds. The van der Waals surface area contributed by atoms with Crippen molar-refractivity contribution in [1.29, 1.82) is 0 Å². The van der Waals surface area contributed by atoms with Crippen LogP contribution in [-0.2, 0) is 4.74 Å². The predicted octanol–water partition coefficient (Wildman–Crippen LogP) is 4.05. The van der Waals surface area contributed by atoms with Crippen LogP contribution in [0.3, 0.4) is 0 Å². The number of nitrogens with zero attached hydrogens (tertiary/aromatic N) is 6. The van der Waals surface area contributed by atoms with E-state index in [1.807, 2.05) is 71.3 Å². The van der Waals surface area contributed by atoms with Crippen molar-refractivity contribution < 1.29 is 9.53 Å². The van der Waals surface area contributed by atoms with Crippen molar-refractivity contribution in [3.8, 4) is 11.4 Å². The minimum Gasteiger partial charge on any atom is -0.444 e. The SMILES string of the molecule is Cc1cn2nc(-c3cc(=O)n4cc(C5=CCN(C(=O)OC(C)(C)C)CC5)ccc4n3)cc2c(C)n1. The zero-order chi connectivity index (χ0) is 24.9. The number of pyridine rings is 1. The zero-order valence-corrected chi connectivity index (χ0v) is 20.6. The van der Waals surface area contributed by atoms with Gasteiger partial charge in [0.2, 0.25) is 0 Å². The van der Waals surface area contributed by atoms with Crippen molar-refractivity contribution in [2.24, 2.45) is 0 Å². The number of rotatable bonds is 2. The number of hydrogen-bond donors (Lipinski definition) is 0. The van der Waals surface area contributed by atoms with E-state index in [2.05, 4.69) is 15.1 Å². The summed E-state index contributed by atoms with van der Waals surface area (Å²) in [6, 6.07) is 7.21. The maximum absolute atomic E-state index is 13.0. The first-order valence-corrected chi connectivity index (χ1v) is 11.6. The largest absolute Gasteiger partial charge is 0.444 e. The van der Waals surface area contributed by atoms with Crippen molar-refractivity contribution in [1.82, 2.24) is 28.9 Å². The van der Waals surface area contributed by atoms with Gasteiger partial charge < -0.3 is 9.64 Å². The average Bonchev–Trinajstić information content (AvgIpc) is 3.22. The smallest absolute Gasteiger partial charge is 0.410 e. The molecule has 0 saturated heterocycles. The van der Waals surface area contributed by atoms with Crippen molar-refractivity contribution in [3.63, 3.8) is 0 Å². The molecular formula is C26H28N6O3. The molecule has 9 nitrogen and oxygen atoms in total. The average molecular weight is 473 g/mol. The van der Waals surface area contributed by atoms with Crippen LogP contribution < -0.4 is 5.56 Å². The van der Waals surface area contributed by atoms with Gasteiger partial charge in [0.05, 0.1) is 28.8 Å². The second-order valence-corrected chi connectivity index (χ2v) is 9.86. The molecule has 5 heterocycles. The maximum atomic E-state index is 13.0. The highest BCUT2D eigenvalue weighted by Gasteiger charge is 2.24. The molecule has 0 unspecified atom stereocenters. The van der Waals surface area contributed by atoms with Gasteiger partial charge >= 0.3 is 6.09 Å². The van der Waals surface area contributed by atoms with E-state index in [0.717, 1.165) is 28.0 Å². The van der Waals surface area contributed by atoms with Crippen LogP contribution in [0.25, 0.3) is 28.1 Å². The molecule has 5 rings (SSSR count). The summed E-state index contributed by atoms with van der Waals surface area (Å²) >= 11 is 0. The Bertz CT molecular complexity index is 1560. The lowest BCUT2D eigenvalue weighted by Gasteiger charge is -2.29. The highest BCUT2D eigenvalue weighted by molar-refractivity contribution is 5.73. The molecule has 1 aliphatic heterocycles. The third-order valence-corrected chi connectivity index (χ3v) is 5.91. The predicted molar refractivity (Wildman–Crippen MR) is 133 cm³/mol. The fraction of sp³-hybridized carbons (Fsp3) is 0.346. The van der Waals surface area contributed by atoms with E-state index in [1.165, 1.54) is 6.07 Å². The number of aryl methyl sites for hydroxylation is 2. The molecule has 0 atom stereocenters. The van der Waals surface area contributed by atoms with Gasteiger partial charge in [-0.1, -0.05) is 6.08 Å². The van der Waals surface area contributed by atoms with Gasteiger partial charge in [-0.2, -0.15) is 5.10 Å². The van der Waals surface area contributed by atoms with Gasteiger partial charge in [0.15, 0.2) is 0 Å². The molecule has 4 aromatic heterocycles. The Hall–Kier alpha value is -4.01. The number of amides is 1. The molecule has 0 aromatic carbocycles. The number of fused-ring (bicyclic) bond motifs is 2. The molecule has 0 N–H and O–H groups in total. The van der Waals surface area contributed by atoms with Gasteiger partial charge in [-0.25, -0.2) is 14.3 Å². The van der Waals surface area contributed by atoms with Crippen LogP contribution >= 0.6 is 0 Å². The first-order chi connectivity index (χ1) is 16.6. The Kier molecular flexibility index (Phi) is 5.42. The topological polar surface area (TPSA) is 94.1 Å². The standard InChI is InChI=1S/C26H28N6O3/c1-16-14-32-22(17(2)27-16)12-21(29-32)20-13-24(33)31-15-19(6-7-23(31)28-20)18-8-10-30(11-9-18)25(34)35-26(3,4)5/h6-8,12-15H,9-11H2,1-5H3. The van der Waals surface area contributed by atoms with E-state index in [4.69, 9.17) is 4.74 Å². The summed E-state index contributed by atoms with van der Waals surface area (Å²) in [5.74, 6) is 0. The summed E-state index contributed by atoms with van der Waals surface area (Å²) in [6.45, 7) is 10.5. The molecule has 0 aliphatic carbocycles. The number of carbonyl (C=O) groups excluding carboxylic acids is 1. The molecule has 180 valence electrons. The summed E-state index contributed by atoms with van der Waals surface area (Å²) in [6.07, 6.45) is 6.04. The Balaban J connectivity index is 1.43. The van der Waals surface area contributed by atoms with Crippen LogP contribution in [-0.4, -0.2) is 53.7 Å². The Labute approximate surface area is 202 Å². The molecule has 0 radical (unpaired) electrons. The molecular weight excluding hydrogens is 444 g/mol. The second-order valence-electron chi connectivity index (χ2n) is 9.86. The van der Waals surface area contributed by atoms with E-state index >= 15 is 0 Å². The van der Waals surface area contributed by atoms with E-state index in [0.29, 0.717) is 36.5 Å². The van der Waals surface area contributed by atoms with Crippen molar-refractivity contribution >= 4 is 22.8 Å². The number of ether oxygens (including phenoxy) is 1. The molecule has 1 aliphatic rings. The van der Waals surface area contributed by atoms with Crippen LogP contribution in [0, 0.1) is 13.8 Å². The fourth-order valence-electron chi connectivity index (χ4n) is 4.26. The van der Waals surface area contributed by atoms with Gasteiger partial charge in [0.1, 0.15) is 16.9 Å². The molecule has 35 heavy (non-hydrogen) atoms. The minimum absolute atomic E-state index is 0.179. The quantitative estimate of drug-likeness (QED) is 0.437. The lowest BCUT2D eigenvalue weighted by atomic mass is 10.0. The summed E-state index contributed by atoms with van der Waals surface area (Å²) in [4.78, 5) is 36.2. The van der Waals surface area contributed by atoms with Gasteiger partial charge in [0, 0.05) is 25.4 Å². The van der Waals surface area contributed by atoms with Gasteiger partial charge in [-0.05, 0) is 70.4 Å². The van der Waals surface area contributed by atoms with Crippen LogP contribution in [0.1, 0.15) is 44.1 Å². The lowest BCUT2D eigenvalue weighted by molar-refractivity contribution is 0.0270. The van der Waals surface area contributed by atoms with E-state index in [-0.39, 0.29) is 11.7 Å². The van der Waals surface area contributed by atoms with E-state index in [1.54, 1.807) is 13.8 Å². The maximum Gasteiger partial charge on any atom is 0.410 e. The third-order valence-electron chi connectivity index (χ3n) is 5.91. The number of aromatic nitrogens is 5. The Morgan fingerprint density at radius 2 is 1.86 bits per heavy atom. The van der Waals surface area contributed by atoms with Gasteiger partial charge in [-0.3, -0.25) is 14.2 Å². The highest BCUT2D eigenvalue weighted by Crippen LogP contribution is 2.24. The first-order valence-electron chi connectivity index (χ1n) is 11.6. The van der Waals surface area contributed by atoms with Gasteiger partial charge in [-0.15, -0.1) is 0 Å². The molecule has 4 aromatic rings. The van der Waals surface area contributed by atoms with Crippen molar-refractivity contribution in [3.05, 3.63) is 70.0 Å². The molecule has 0 bridgehead atoms. The van der Waals surface area contributed by atoms with Crippen LogP contribution in [0.15, 0.2) is 47.5 Å². The van der Waals surface area contributed by atoms with Crippen LogP contribution in [0.2, 0.25) is 0 Å². The fourth-order valence-corrected chi connectivity index (χ4v) is 4.26. The van der Waals surface area contributed by atoms with Crippen molar-refractivity contribution in [2.75, 3.05) is 13.1 Å². The second kappa shape index (κ2) is 8.33. The molecule has 0 spiro atoms. The summed E-state index contributed by atoms with van der Waals surface area (Å²) in [5, 5.41) is 4.60. The van der Waals surface area contributed by atoms with Crippen LogP contribution in [0.4, 0.5) is 4.79 Å². The minimum atomic E-state index is -0.523. The monoisotopic (exact) mass is 472 g/mol.